The van der Waals surface area contributed by atoms with E-state index in [1.807, 2.05) is 24.3 Å². The Balaban J connectivity index is 2.43. The van der Waals surface area contributed by atoms with Gasteiger partial charge in [-0.05, 0) is 44.9 Å². The lowest BCUT2D eigenvalue weighted by Crippen LogP contribution is -2.44. The van der Waals surface area contributed by atoms with E-state index in [9.17, 15) is 14.7 Å². The first-order chi connectivity index (χ1) is 13.2. The van der Waals surface area contributed by atoms with E-state index in [-0.39, 0.29) is 6.42 Å². The van der Waals surface area contributed by atoms with E-state index >= 15 is 0 Å². The van der Waals surface area contributed by atoms with Gasteiger partial charge in [-0.3, -0.25) is 0 Å². The van der Waals surface area contributed by atoms with Crippen LogP contribution in [0.4, 0.5) is 4.79 Å². The Morgan fingerprint density at radius 3 is 2.21 bits per heavy atom. The molecule has 6 heteroatoms. The van der Waals surface area contributed by atoms with E-state index in [4.69, 9.17) is 9.47 Å². The molecule has 1 aromatic rings. The molecule has 0 saturated heterocycles. The van der Waals surface area contributed by atoms with Crippen LogP contribution in [0.2, 0.25) is 0 Å². The number of carboxylic acids is 1. The van der Waals surface area contributed by atoms with Gasteiger partial charge in [0.05, 0.1) is 6.61 Å². The number of carboxylic acid groups (broad SMARTS) is 1. The number of rotatable bonds is 12. The molecule has 6 nitrogen and oxygen atoms in total. The summed E-state index contributed by atoms with van der Waals surface area (Å²) in [7, 11) is 0. The van der Waals surface area contributed by atoms with Crippen LogP contribution in [-0.4, -0.2) is 35.4 Å². The molecule has 0 unspecified atom stereocenters. The van der Waals surface area contributed by atoms with Crippen molar-refractivity contribution < 1.29 is 24.2 Å². The number of hydrogen-bond donors (Lipinski definition) is 2. The number of nitrogens with one attached hydrogen (secondary N) is 1. The predicted molar refractivity (Wildman–Crippen MR) is 110 cm³/mol. The number of aliphatic carboxylic acids is 1. The molecule has 0 aliphatic carbocycles. The summed E-state index contributed by atoms with van der Waals surface area (Å²) >= 11 is 0. The number of hydrogen-bond acceptors (Lipinski definition) is 4. The summed E-state index contributed by atoms with van der Waals surface area (Å²) in [5.74, 6) is -0.335. The van der Waals surface area contributed by atoms with Crippen molar-refractivity contribution in [3.05, 3.63) is 29.8 Å². The molecule has 0 spiro atoms. The van der Waals surface area contributed by atoms with Gasteiger partial charge in [-0.25, -0.2) is 9.59 Å². The van der Waals surface area contributed by atoms with Crippen molar-refractivity contribution in [1.82, 2.24) is 5.32 Å². The Morgan fingerprint density at radius 2 is 1.64 bits per heavy atom. The lowest BCUT2D eigenvalue weighted by atomic mass is 10.1. The summed E-state index contributed by atoms with van der Waals surface area (Å²) in [6, 6.07) is 6.26. The first-order valence-corrected chi connectivity index (χ1v) is 10.2. The summed E-state index contributed by atoms with van der Waals surface area (Å²) < 4.78 is 10.9. The first kappa shape index (κ1) is 23.8. The van der Waals surface area contributed by atoms with E-state index in [2.05, 4.69) is 12.2 Å². The second-order valence-corrected chi connectivity index (χ2v) is 8.00. The highest BCUT2D eigenvalue weighted by atomic mass is 16.6. The zero-order chi connectivity index (χ0) is 21.0. The summed E-state index contributed by atoms with van der Waals surface area (Å²) in [5.41, 5.74) is 0.123. The summed E-state index contributed by atoms with van der Waals surface area (Å²) in [4.78, 5) is 23.3. The van der Waals surface area contributed by atoms with Gasteiger partial charge in [-0.2, -0.15) is 0 Å². The third kappa shape index (κ3) is 10.8. The second kappa shape index (κ2) is 12.3. The maximum Gasteiger partial charge on any atom is 0.408 e. The van der Waals surface area contributed by atoms with E-state index < -0.39 is 23.7 Å². The maximum atomic E-state index is 11.8. The third-order valence-corrected chi connectivity index (χ3v) is 4.12. The van der Waals surface area contributed by atoms with Gasteiger partial charge in [-0.15, -0.1) is 0 Å². The average Bonchev–Trinajstić information content (AvgIpc) is 2.60. The standard InChI is InChI=1S/C22H35NO5/c1-5-6-7-8-9-10-15-27-18-13-11-17(12-14-18)16-19(20(24)25)23-21(26)28-22(2,3)4/h11-14,19H,5-10,15-16H2,1-4H3,(H,23,26)(H,24,25)/t19-/m1/s1. The van der Waals surface area contributed by atoms with Gasteiger partial charge < -0.3 is 19.9 Å². The fourth-order valence-electron chi connectivity index (χ4n) is 2.68. The Morgan fingerprint density at radius 1 is 1.04 bits per heavy atom. The number of ether oxygens (including phenoxy) is 2. The average molecular weight is 394 g/mol. The Labute approximate surface area is 168 Å². The van der Waals surface area contributed by atoms with Crippen LogP contribution in [0.1, 0.15) is 71.8 Å². The molecular formula is C22H35NO5. The number of carbonyl (C=O) groups is 2. The smallest absolute Gasteiger partial charge is 0.408 e. The molecule has 0 saturated carbocycles. The van der Waals surface area contributed by atoms with Gasteiger partial charge in [0.1, 0.15) is 17.4 Å². The predicted octanol–water partition coefficient (Wildman–Crippen LogP) is 4.95. The van der Waals surface area contributed by atoms with Crippen molar-refractivity contribution in [2.45, 2.75) is 84.3 Å². The van der Waals surface area contributed by atoms with Crippen LogP contribution >= 0.6 is 0 Å². The Kier molecular flexibility index (Phi) is 10.4. The van der Waals surface area contributed by atoms with E-state index in [1.165, 1.54) is 32.1 Å². The van der Waals surface area contributed by atoms with Crippen molar-refractivity contribution in [1.29, 1.82) is 0 Å². The molecule has 0 aliphatic rings. The zero-order valence-electron chi connectivity index (χ0n) is 17.6. The lowest BCUT2D eigenvalue weighted by Gasteiger charge is -2.22. The molecule has 0 fully saturated rings. The lowest BCUT2D eigenvalue weighted by molar-refractivity contribution is -0.139. The molecule has 2 N–H and O–H groups in total. The summed E-state index contributed by atoms with van der Waals surface area (Å²) in [6.45, 7) is 8.08. The maximum absolute atomic E-state index is 11.8. The van der Waals surface area contributed by atoms with Crippen LogP contribution in [-0.2, 0) is 16.0 Å². The SMILES string of the molecule is CCCCCCCCOc1ccc(C[C@@H](NC(=O)OC(C)(C)C)C(=O)O)cc1. The number of unbranched alkanes of at least 4 members (excludes halogenated alkanes) is 5. The van der Waals surface area contributed by atoms with Gasteiger partial charge in [0.15, 0.2) is 0 Å². The van der Waals surface area contributed by atoms with Crippen LogP contribution in [0.25, 0.3) is 0 Å². The fraction of sp³-hybridized carbons (Fsp3) is 0.636. The number of alkyl carbamates (subject to hydrolysis) is 1. The second-order valence-electron chi connectivity index (χ2n) is 8.00. The monoisotopic (exact) mass is 393 g/mol. The minimum Gasteiger partial charge on any atom is -0.494 e. The minimum atomic E-state index is -1.10. The van der Waals surface area contributed by atoms with Crippen molar-refractivity contribution >= 4 is 12.1 Å². The Bertz CT molecular complexity index is 592. The third-order valence-electron chi connectivity index (χ3n) is 4.12. The molecule has 0 aliphatic heterocycles. The Hall–Kier alpha value is -2.24. The van der Waals surface area contributed by atoms with Crippen molar-refractivity contribution in [2.24, 2.45) is 0 Å². The molecule has 1 rings (SSSR count). The fourth-order valence-corrected chi connectivity index (χ4v) is 2.68. The van der Waals surface area contributed by atoms with Gasteiger partial charge in [0.2, 0.25) is 0 Å². The highest BCUT2D eigenvalue weighted by molar-refractivity contribution is 5.80. The van der Waals surface area contributed by atoms with Gasteiger partial charge in [0.25, 0.3) is 0 Å². The van der Waals surface area contributed by atoms with Gasteiger partial charge in [-0.1, -0.05) is 51.2 Å². The highest BCUT2D eigenvalue weighted by Gasteiger charge is 2.24. The largest absolute Gasteiger partial charge is 0.494 e. The van der Waals surface area contributed by atoms with Crippen LogP contribution in [0.15, 0.2) is 24.3 Å². The first-order valence-electron chi connectivity index (χ1n) is 10.2. The van der Waals surface area contributed by atoms with Crippen LogP contribution < -0.4 is 10.1 Å². The van der Waals surface area contributed by atoms with Crippen LogP contribution in [0.5, 0.6) is 5.75 Å². The number of benzene rings is 1. The molecule has 0 aromatic heterocycles. The number of carbonyl (C=O) groups excluding carboxylic acids is 1. The van der Waals surface area contributed by atoms with E-state index in [0.717, 1.165) is 17.7 Å². The molecule has 0 bridgehead atoms. The summed E-state index contributed by atoms with van der Waals surface area (Å²) in [6.07, 6.45) is 6.72. The normalized spacial score (nSPS) is 12.3. The highest BCUT2D eigenvalue weighted by Crippen LogP contribution is 2.15. The molecule has 1 amide bonds. The molecule has 1 atom stereocenters. The van der Waals surface area contributed by atoms with Crippen molar-refractivity contribution in [2.75, 3.05) is 6.61 Å². The van der Waals surface area contributed by atoms with E-state index in [1.54, 1.807) is 20.8 Å². The molecule has 0 heterocycles. The topological polar surface area (TPSA) is 84.9 Å². The van der Waals surface area contributed by atoms with E-state index in [0.29, 0.717) is 6.61 Å². The zero-order valence-corrected chi connectivity index (χ0v) is 17.6. The molecule has 1 aromatic carbocycles. The van der Waals surface area contributed by atoms with Gasteiger partial charge >= 0.3 is 12.1 Å². The van der Waals surface area contributed by atoms with Crippen molar-refractivity contribution in [3.63, 3.8) is 0 Å². The van der Waals surface area contributed by atoms with Crippen LogP contribution in [0, 0.1) is 0 Å². The quantitative estimate of drug-likeness (QED) is 0.491. The van der Waals surface area contributed by atoms with Gasteiger partial charge in [0, 0.05) is 6.42 Å². The summed E-state index contributed by atoms with van der Waals surface area (Å²) in [5, 5.41) is 11.8. The molecule has 28 heavy (non-hydrogen) atoms. The molecule has 158 valence electrons. The molecule has 0 radical (unpaired) electrons. The minimum absolute atomic E-state index is 0.173. The van der Waals surface area contributed by atoms with Crippen molar-refractivity contribution in [3.8, 4) is 5.75 Å². The number of amides is 1. The molecular weight excluding hydrogens is 358 g/mol. The van der Waals surface area contributed by atoms with Crippen LogP contribution in [0.3, 0.4) is 0 Å².